The molecule has 6 nitrogen and oxygen atoms in total. The molecule has 1 aromatic carbocycles. The second-order valence-electron chi connectivity index (χ2n) is 6.01. The van der Waals surface area contributed by atoms with Crippen LogP contribution in [-0.2, 0) is 22.5 Å². The van der Waals surface area contributed by atoms with Gasteiger partial charge in [-0.05, 0) is 53.8 Å². The van der Waals surface area contributed by atoms with E-state index < -0.39 is 5.97 Å². The second kappa shape index (κ2) is 7.13. The van der Waals surface area contributed by atoms with Gasteiger partial charge in [-0.3, -0.25) is 4.79 Å². The van der Waals surface area contributed by atoms with E-state index in [1.54, 1.807) is 51.4 Å². The van der Waals surface area contributed by atoms with Crippen LogP contribution in [0, 0.1) is 0 Å². The van der Waals surface area contributed by atoms with Crippen molar-refractivity contribution in [1.29, 1.82) is 0 Å². The van der Waals surface area contributed by atoms with Gasteiger partial charge in [-0.25, -0.2) is 9.48 Å². The van der Waals surface area contributed by atoms with Crippen molar-refractivity contribution in [2.45, 2.75) is 13.0 Å². The Morgan fingerprint density at radius 1 is 1.19 bits per heavy atom. The van der Waals surface area contributed by atoms with E-state index in [0.717, 1.165) is 12.1 Å². The first-order valence-corrected chi connectivity index (χ1v) is 9.19. The van der Waals surface area contributed by atoms with E-state index in [4.69, 9.17) is 4.74 Å². The summed E-state index contributed by atoms with van der Waals surface area (Å²) in [5.41, 5.74) is 2.45. The van der Waals surface area contributed by atoms with E-state index in [0.29, 0.717) is 18.7 Å². The highest BCUT2D eigenvalue weighted by Crippen LogP contribution is 2.24. The van der Waals surface area contributed by atoms with Crippen LogP contribution in [0.4, 0.5) is 0 Å². The normalized spacial score (nSPS) is 13.3. The summed E-state index contributed by atoms with van der Waals surface area (Å²) in [7, 11) is 0. The quantitative estimate of drug-likeness (QED) is 0.665. The zero-order valence-corrected chi connectivity index (χ0v) is 14.8. The van der Waals surface area contributed by atoms with E-state index >= 15 is 0 Å². The summed E-state index contributed by atoms with van der Waals surface area (Å²) in [5.74, 6) is -0.665. The van der Waals surface area contributed by atoms with Crippen LogP contribution in [0.1, 0.15) is 20.8 Å². The van der Waals surface area contributed by atoms with Crippen LogP contribution in [0.15, 0.2) is 54.2 Å². The van der Waals surface area contributed by atoms with Crippen LogP contribution in [0.3, 0.4) is 0 Å². The lowest BCUT2D eigenvalue weighted by molar-refractivity contribution is -0.135. The molecule has 0 fully saturated rings. The van der Waals surface area contributed by atoms with Crippen LogP contribution in [-0.4, -0.2) is 39.7 Å². The van der Waals surface area contributed by atoms with Crippen molar-refractivity contribution in [2.24, 2.45) is 0 Å². The van der Waals surface area contributed by atoms with Crippen molar-refractivity contribution < 1.29 is 14.3 Å². The van der Waals surface area contributed by atoms with Gasteiger partial charge < -0.3 is 9.64 Å². The molecule has 1 amide bonds. The van der Waals surface area contributed by atoms with Gasteiger partial charge in [0.1, 0.15) is 0 Å². The number of esters is 1. The molecule has 0 bridgehead atoms. The van der Waals surface area contributed by atoms with E-state index in [1.165, 1.54) is 10.4 Å². The van der Waals surface area contributed by atoms with Crippen molar-refractivity contribution in [1.82, 2.24) is 14.7 Å². The average molecular weight is 367 g/mol. The first kappa shape index (κ1) is 16.5. The molecule has 7 heteroatoms. The summed E-state index contributed by atoms with van der Waals surface area (Å²) in [5, 5.41) is 6.18. The van der Waals surface area contributed by atoms with E-state index in [2.05, 4.69) is 5.10 Å². The molecule has 4 rings (SSSR count). The Morgan fingerprint density at radius 3 is 2.81 bits per heavy atom. The third-order valence-electron chi connectivity index (χ3n) is 4.36. The van der Waals surface area contributed by atoms with Gasteiger partial charge in [0.25, 0.3) is 5.91 Å². The molecule has 0 aliphatic carbocycles. The van der Waals surface area contributed by atoms with Crippen molar-refractivity contribution in [3.63, 3.8) is 0 Å². The number of thiophene rings is 1. The largest absolute Gasteiger partial charge is 0.452 e. The Hall–Kier alpha value is -2.93. The molecule has 2 aromatic heterocycles. The molecule has 26 heavy (non-hydrogen) atoms. The Bertz CT molecular complexity index is 916. The van der Waals surface area contributed by atoms with Crippen molar-refractivity contribution >= 4 is 23.2 Å². The van der Waals surface area contributed by atoms with Crippen molar-refractivity contribution in [2.75, 3.05) is 13.2 Å². The topological polar surface area (TPSA) is 64.4 Å². The lowest BCUT2D eigenvalue weighted by Gasteiger charge is -2.26. The summed E-state index contributed by atoms with van der Waals surface area (Å²) in [6, 6.07) is 10.8. The summed E-state index contributed by atoms with van der Waals surface area (Å²) < 4.78 is 6.90. The van der Waals surface area contributed by atoms with Gasteiger partial charge in [-0.2, -0.15) is 5.10 Å². The minimum absolute atomic E-state index is 0.164. The Balaban J connectivity index is 1.33. The van der Waals surface area contributed by atoms with Crippen molar-refractivity contribution in [3.05, 3.63) is 70.2 Å². The SMILES string of the molecule is O=C(OCC(=O)N1CCc2sccc2C1)c1ccc(-n2cccn2)cc1. The number of carbonyl (C=O) groups excluding carboxylic acids is 2. The summed E-state index contributed by atoms with van der Waals surface area (Å²) in [6.07, 6.45) is 4.37. The fraction of sp³-hybridized carbons (Fsp3) is 0.211. The number of fused-ring (bicyclic) bond motifs is 1. The number of rotatable bonds is 4. The van der Waals surface area contributed by atoms with E-state index in [-0.39, 0.29) is 12.5 Å². The van der Waals surface area contributed by atoms with Gasteiger partial charge in [0.15, 0.2) is 6.61 Å². The average Bonchev–Trinajstić information content (AvgIpc) is 3.37. The molecule has 3 aromatic rings. The molecule has 0 atom stereocenters. The zero-order valence-electron chi connectivity index (χ0n) is 14.0. The van der Waals surface area contributed by atoms with E-state index in [1.807, 2.05) is 23.7 Å². The van der Waals surface area contributed by atoms with Gasteiger partial charge in [0.2, 0.25) is 0 Å². The van der Waals surface area contributed by atoms with Crippen LogP contribution in [0.2, 0.25) is 0 Å². The number of carbonyl (C=O) groups is 2. The lowest BCUT2D eigenvalue weighted by Crippen LogP contribution is -2.38. The molecular weight excluding hydrogens is 350 g/mol. The molecule has 1 aliphatic rings. The third kappa shape index (κ3) is 3.39. The minimum Gasteiger partial charge on any atom is -0.452 e. The predicted octanol–water partition coefficient (Wildman–Crippen LogP) is 2.68. The highest BCUT2D eigenvalue weighted by Gasteiger charge is 2.22. The van der Waals surface area contributed by atoms with Gasteiger partial charge in [-0.1, -0.05) is 0 Å². The number of hydrogen-bond donors (Lipinski definition) is 0. The zero-order chi connectivity index (χ0) is 17.9. The van der Waals surface area contributed by atoms with Crippen LogP contribution in [0.5, 0.6) is 0 Å². The molecule has 0 spiro atoms. The predicted molar refractivity (Wildman–Crippen MR) is 97.3 cm³/mol. The number of nitrogens with zero attached hydrogens (tertiary/aromatic N) is 3. The maximum absolute atomic E-state index is 12.3. The molecule has 3 heterocycles. The van der Waals surface area contributed by atoms with Gasteiger partial charge >= 0.3 is 5.97 Å². The highest BCUT2D eigenvalue weighted by atomic mass is 32.1. The molecule has 0 saturated heterocycles. The first-order valence-electron chi connectivity index (χ1n) is 8.31. The van der Waals surface area contributed by atoms with Crippen LogP contribution >= 0.6 is 11.3 Å². The van der Waals surface area contributed by atoms with Crippen LogP contribution in [0.25, 0.3) is 5.69 Å². The fourth-order valence-corrected chi connectivity index (χ4v) is 3.82. The maximum Gasteiger partial charge on any atom is 0.338 e. The summed E-state index contributed by atoms with van der Waals surface area (Å²) in [6.45, 7) is 1.02. The monoisotopic (exact) mass is 367 g/mol. The Labute approximate surface area is 154 Å². The van der Waals surface area contributed by atoms with Crippen molar-refractivity contribution in [3.8, 4) is 5.69 Å². The standard InChI is InChI=1S/C19H17N3O3S/c23-18(21-10-6-17-15(12-21)7-11-26-17)13-25-19(24)14-2-4-16(5-3-14)22-9-1-8-20-22/h1-5,7-9,11H,6,10,12-13H2. The van der Waals surface area contributed by atoms with Gasteiger partial charge in [0.05, 0.1) is 11.3 Å². The lowest BCUT2D eigenvalue weighted by atomic mass is 10.1. The highest BCUT2D eigenvalue weighted by molar-refractivity contribution is 7.10. The molecule has 132 valence electrons. The van der Waals surface area contributed by atoms with Gasteiger partial charge in [-0.15, -0.1) is 11.3 Å². The number of amides is 1. The van der Waals surface area contributed by atoms with Gasteiger partial charge in [0, 0.05) is 30.4 Å². The first-order chi connectivity index (χ1) is 12.7. The molecule has 0 unspecified atom stereocenters. The number of benzene rings is 1. The number of hydrogen-bond acceptors (Lipinski definition) is 5. The van der Waals surface area contributed by atoms with Crippen LogP contribution < -0.4 is 0 Å². The molecule has 0 saturated carbocycles. The second-order valence-corrected chi connectivity index (χ2v) is 7.01. The third-order valence-corrected chi connectivity index (χ3v) is 5.38. The maximum atomic E-state index is 12.3. The number of ether oxygens (including phenoxy) is 1. The molecular formula is C19H17N3O3S. The Morgan fingerprint density at radius 2 is 2.04 bits per heavy atom. The molecule has 0 radical (unpaired) electrons. The number of aromatic nitrogens is 2. The smallest absolute Gasteiger partial charge is 0.338 e. The fourth-order valence-electron chi connectivity index (χ4n) is 2.94. The van der Waals surface area contributed by atoms with E-state index in [9.17, 15) is 9.59 Å². The summed E-state index contributed by atoms with van der Waals surface area (Å²) >= 11 is 1.73. The minimum atomic E-state index is -0.501. The molecule has 1 aliphatic heterocycles. The molecule has 0 N–H and O–H groups in total. The Kier molecular flexibility index (Phi) is 4.53. The summed E-state index contributed by atoms with van der Waals surface area (Å²) in [4.78, 5) is 27.6.